The Morgan fingerprint density at radius 3 is 2.59 bits per heavy atom. The van der Waals surface area contributed by atoms with Crippen molar-refractivity contribution in [1.29, 1.82) is 0 Å². The number of para-hydroxylation sites is 1. The highest BCUT2D eigenvalue weighted by Crippen LogP contribution is 2.35. The maximum Gasteiger partial charge on any atom is 0.324 e. The average Bonchev–Trinajstić information content (AvgIpc) is 3.12. The van der Waals surface area contributed by atoms with Crippen LogP contribution in [-0.2, 0) is 4.74 Å². The molecule has 1 aliphatic heterocycles. The van der Waals surface area contributed by atoms with Gasteiger partial charge in [-0.15, -0.1) is 0 Å². The Labute approximate surface area is 195 Å². The van der Waals surface area contributed by atoms with Gasteiger partial charge in [-0.25, -0.2) is 4.79 Å². The van der Waals surface area contributed by atoms with E-state index < -0.39 is 5.91 Å². The number of urea groups is 1. The zero-order valence-corrected chi connectivity index (χ0v) is 19.2. The van der Waals surface area contributed by atoms with Crippen LogP contribution in [0.4, 0.5) is 16.2 Å². The van der Waals surface area contributed by atoms with Crippen LogP contribution in [0, 0.1) is 6.92 Å². The molecular formula is C23H22Cl2N4O3. The lowest BCUT2D eigenvalue weighted by atomic mass is 10.1. The van der Waals surface area contributed by atoms with Crippen molar-refractivity contribution in [2.24, 2.45) is 0 Å². The fraction of sp³-hybridized carbons (Fsp3) is 0.261. The zero-order valence-electron chi connectivity index (χ0n) is 17.7. The van der Waals surface area contributed by atoms with E-state index in [-0.39, 0.29) is 21.6 Å². The van der Waals surface area contributed by atoms with Crippen LogP contribution >= 0.6 is 23.2 Å². The predicted molar refractivity (Wildman–Crippen MR) is 127 cm³/mol. The number of benzene rings is 2. The van der Waals surface area contributed by atoms with E-state index in [4.69, 9.17) is 27.9 Å². The summed E-state index contributed by atoms with van der Waals surface area (Å²) >= 11 is 12.4. The summed E-state index contributed by atoms with van der Waals surface area (Å²) in [4.78, 5) is 34.0. The molecular weight excluding hydrogens is 451 g/mol. The highest BCUT2D eigenvalue weighted by atomic mass is 35.5. The number of carbonyl (C=O) groups is 2. The van der Waals surface area contributed by atoms with Crippen LogP contribution in [0.2, 0.25) is 10.0 Å². The van der Waals surface area contributed by atoms with Gasteiger partial charge in [0.2, 0.25) is 0 Å². The van der Waals surface area contributed by atoms with Crippen molar-refractivity contribution in [2.45, 2.75) is 6.92 Å². The number of amides is 3. The molecule has 2 aromatic carbocycles. The number of nitrogens with one attached hydrogen (secondary N) is 1. The van der Waals surface area contributed by atoms with E-state index in [0.29, 0.717) is 37.4 Å². The van der Waals surface area contributed by atoms with Crippen molar-refractivity contribution in [2.75, 3.05) is 43.6 Å². The number of ether oxygens (including phenoxy) is 1. The van der Waals surface area contributed by atoms with Gasteiger partial charge in [0.05, 0.1) is 39.1 Å². The molecule has 2 heterocycles. The lowest BCUT2D eigenvalue weighted by Crippen LogP contribution is -2.34. The first-order valence-electron chi connectivity index (χ1n) is 10.1. The van der Waals surface area contributed by atoms with Gasteiger partial charge in [0, 0.05) is 38.3 Å². The molecule has 0 spiro atoms. The quantitative estimate of drug-likeness (QED) is 0.548. The van der Waals surface area contributed by atoms with Crippen LogP contribution in [0.3, 0.4) is 0 Å². The number of aromatic nitrogens is 1. The molecule has 32 heavy (non-hydrogen) atoms. The Hall–Kier alpha value is -2.87. The molecule has 3 aromatic rings. The lowest BCUT2D eigenvalue weighted by Gasteiger charge is -2.22. The van der Waals surface area contributed by atoms with Crippen molar-refractivity contribution in [3.05, 3.63) is 63.8 Å². The topological polar surface area (TPSA) is 74.8 Å². The highest BCUT2D eigenvalue weighted by molar-refractivity contribution is 6.40. The Kier molecular flexibility index (Phi) is 6.50. The van der Waals surface area contributed by atoms with Crippen LogP contribution in [0.25, 0.3) is 10.9 Å². The number of fused-ring (bicyclic) bond motifs is 1. The van der Waals surface area contributed by atoms with Gasteiger partial charge in [0.15, 0.2) is 0 Å². The molecule has 0 aliphatic carbocycles. The minimum atomic E-state index is -0.431. The van der Waals surface area contributed by atoms with Crippen molar-refractivity contribution in [1.82, 2.24) is 9.88 Å². The van der Waals surface area contributed by atoms with Crippen LogP contribution < -0.4 is 10.2 Å². The molecule has 1 N–H and O–H groups in total. The lowest BCUT2D eigenvalue weighted by molar-refractivity contribution is 0.102. The SMILES string of the molecule is COCCN1CCN(c2c(C)cnc3c(NC(=O)c4c(Cl)cccc4Cl)cccc23)C1=O. The van der Waals surface area contributed by atoms with E-state index in [9.17, 15) is 9.59 Å². The summed E-state index contributed by atoms with van der Waals surface area (Å²) in [7, 11) is 1.62. The Balaban J connectivity index is 1.71. The van der Waals surface area contributed by atoms with E-state index in [1.807, 2.05) is 19.1 Å². The van der Waals surface area contributed by atoms with Gasteiger partial charge in [0.25, 0.3) is 5.91 Å². The molecule has 1 aliphatic rings. The number of aryl methyl sites for hydroxylation is 1. The number of halogens is 2. The van der Waals surface area contributed by atoms with E-state index in [0.717, 1.165) is 16.6 Å². The van der Waals surface area contributed by atoms with Crippen LogP contribution in [0.15, 0.2) is 42.6 Å². The molecule has 4 rings (SSSR count). The fourth-order valence-electron chi connectivity index (χ4n) is 3.87. The van der Waals surface area contributed by atoms with Crippen LogP contribution in [0.1, 0.15) is 15.9 Å². The molecule has 9 heteroatoms. The van der Waals surface area contributed by atoms with Gasteiger partial charge in [-0.1, -0.05) is 41.4 Å². The van der Waals surface area contributed by atoms with E-state index in [1.165, 1.54) is 0 Å². The number of hydrogen-bond donors (Lipinski definition) is 1. The number of methoxy groups -OCH3 is 1. The standard InChI is InChI=1S/C23H22Cl2N4O3/c1-14-13-26-20-15(21(14)29-10-9-28(23(29)31)11-12-32-2)5-3-8-18(20)27-22(30)19-16(24)6-4-7-17(19)25/h3-8,13H,9-12H2,1-2H3,(H,27,30). The fourth-order valence-corrected chi connectivity index (χ4v) is 4.44. The summed E-state index contributed by atoms with van der Waals surface area (Å²) in [6, 6.07) is 10.3. The monoisotopic (exact) mass is 472 g/mol. The maximum atomic E-state index is 13.0. The summed E-state index contributed by atoms with van der Waals surface area (Å²) in [6.45, 7) is 4.12. The van der Waals surface area contributed by atoms with Crippen molar-refractivity contribution < 1.29 is 14.3 Å². The summed E-state index contributed by atoms with van der Waals surface area (Å²) in [5, 5.41) is 4.17. The van der Waals surface area contributed by atoms with Crippen molar-refractivity contribution >= 4 is 57.4 Å². The molecule has 1 aromatic heterocycles. The third-order valence-electron chi connectivity index (χ3n) is 5.42. The van der Waals surface area contributed by atoms with E-state index >= 15 is 0 Å². The molecule has 0 bridgehead atoms. The largest absolute Gasteiger partial charge is 0.383 e. The smallest absolute Gasteiger partial charge is 0.324 e. The number of anilines is 2. The molecule has 1 saturated heterocycles. The second-order valence-corrected chi connectivity index (χ2v) is 8.27. The van der Waals surface area contributed by atoms with Crippen LogP contribution in [-0.4, -0.2) is 55.2 Å². The summed E-state index contributed by atoms with van der Waals surface area (Å²) in [5.74, 6) is -0.431. The first-order chi connectivity index (χ1) is 15.4. The Morgan fingerprint density at radius 1 is 1.16 bits per heavy atom. The molecule has 0 unspecified atom stereocenters. The Morgan fingerprint density at radius 2 is 1.88 bits per heavy atom. The molecule has 0 radical (unpaired) electrons. The maximum absolute atomic E-state index is 13.0. The predicted octanol–water partition coefficient (Wildman–Crippen LogP) is 4.99. The number of pyridine rings is 1. The van der Waals surface area contributed by atoms with Gasteiger partial charge in [-0.3, -0.25) is 14.7 Å². The van der Waals surface area contributed by atoms with Crippen molar-refractivity contribution in [3.63, 3.8) is 0 Å². The third-order valence-corrected chi connectivity index (χ3v) is 6.05. The minimum absolute atomic E-state index is 0.0741. The second-order valence-electron chi connectivity index (χ2n) is 7.46. The molecule has 0 saturated carbocycles. The highest BCUT2D eigenvalue weighted by Gasteiger charge is 2.31. The Bertz CT molecular complexity index is 1180. The number of carbonyl (C=O) groups excluding carboxylic acids is 2. The first kappa shape index (κ1) is 22.3. The average molecular weight is 473 g/mol. The summed E-state index contributed by atoms with van der Waals surface area (Å²) < 4.78 is 5.11. The van der Waals surface area contributed by atoms with Crippen molar-refractivity contribution in [3.8, 4) is 0 Å². The normalized spacial score (nSPS) is 13.8. The summed E-state index contributed by atoms with van der Waals surface area (Å²) in [5.41, 5.74) is 2.94. The summed E-state index contributed by atoms with van der Waals surface area (Å²) in [6.07, 6.45) is 1.71. The van der Waals surface area contributed by atoms with Gasteiger partial charge < -0.3 is 15.0 Å². The number of hydrogen-bond acceptors (Lipinski definition) is 4. The molecule has 7 nitrogen and oxygen atoms in total. The van der Waals surface area contributed by atoms with Gasteiger partial charge in [-0.05, 0) is 30.7 Å². The minimum Gasteiger partial charge on any atom is -0.383 e. The molecule has 1 fully saturated rings. The molecule has 166 valence electrons. The van der Waals surface area contributed by atoms with Crippen LogP contribution in [0.5, 0.6) is 0 Å². The number of nitrogens with zero attached hydrogens (tertiary/aromatic N) is 3. The second kappa shape index (κ2) is 9.32. The van der Waals surface area contributed by atoms with Gasteiger partial charge >= 0.3 is 6.03 Å². The molecule has 0 atom stereocenters. The van der Waals surface area contributed by atoms with E-state index in [2.05, 4.69) is 10.3 Å². The van der Waals surface area contributed by atoms with E-state index in [1.54, 1.807) is 47.4 Å². The first-order valence-corrected chi connectivity index (χ1v) is 10.9. The van der Waals surface area contributed by atoms with Gasteiger partial charge in [-0.2, -0.15) is 0 Å². The number of rotatable bonds is 6. The van der Waals surface area contributed by atoms with Gasteiger partial charge in [0.1, 0.15) is 0 Å². The third kappa shape index (κ3) is 4.11. The molecule has 3 amide bonds. The zero-order chi connectivity index (χ0) is 22.8.